The van der Waals surface area contributed by atoms with Gasteiger partial charge in [-0.25, -0.2) is 15.0 Å². The van der Waals surface area contributed by atoms with E-state index >= 15 is 0 Å². The number of aromatic nitrogens is 4. The second-order valence-corrected chi connectivity index (χ2v) is 6.67. The second-order valence-electron chi connectivity index (χ2n) is 6.67. The predicted molar refractivity (Wildman–Crippen MR) is 95.6 cm³/mol. The van der Waals surface area contributed by atoms with Gasteiger partial charge in [-0.3, -0.25) is 9.36 Å². The summed E-state index contributed by atoms with van der Waals surface area (Å²) in [7, 11) is 0. The normalized spacial score (nSPS) is 27.1. The fourth-order valence-electron chi connectivity index (χ4n) is 3.53. The number of rotatable bonds is 6. The zero-order chi connectivity index (χ0) is 20.6. The van der Waals surface area contributed by atoms with Gasteiger partial charge < -0.3 is 19.5 Å². The predicted octanol–water partition coefficient (Wildman–Crippen LogP) is 2.06. The van der Waals surface area contributed by atoms with Crippen molar-refractivity contribution in [3.05, 3.63) is 27.2 Å². The number of carbonyl (C=O) groups is 1. The quantitative estimate of drug-likeness (QED) is 0.330. The van der Waals surface area contributed by atoms with Gasteiger partial charge in [0.25, 0.3) is 0 Å². The van der Waals surface area contributed by atoms with E-state index in [2.05, 4.69) is 40.3 Å². The molecule has 0 saturated carbocycles. The molecule has 0 spiro atoms. The van der Waals surface area contributed by atoms with E-state index < -0.39 is 30.3 Å². The van der Waals surface area contributed by atoms with Crippen LogP contribution in [-0.2, 0) is 19.0 Å². The van der Waals surface area contributed by atoms with Gasteiger partial charge in [-0.1, -0.05) is 5.11 Å². The molecule has 2 aromatic rings. The van der Waals surface area contributed by atoms with Crippen molar-refractivity contribution < 1.29 is 19.0 Å². The third kappa shape index (κ3) is 3.18. The number of azide groups is 2. The molecular formula is C14H15N11O4. The van der Waals surface area contributed by atoms with Crippen LogP contribution in [0.4, 0.5) is 11.8 Å². The van der Waals surface area contributed by atoms with Crippen molar-refractivity contribution in [1.29, 1.82) is 0 Å². The van der Waals surface area contributed by atoms with Gasteiger partial charge in [-0.2, -0.15) is 0 Å². The Labute approximate surface area is 162 Å². The van der Waals surface area contributed by atoms with Crippen molar-refractivity contribution in [1.82, 2.24) is 19.5 Å². The molecule has 1 amide bonds. The number of ether oxygens (including phenoxy) is 3. The van der Waals surface area contributed by atoms with Crippen molar-refractivity contribution >= 4 is 29.3 Å². The molecule has 2 aliphatic heterocycles. The first-order chi connectivity index (χ1) is 14.0. The molecule has 29 heavy (non-hydrogen) atoms. The van der Waals surface area contributed by atoms with Crippen LogP contribution in [0.25, 0.3) is 32.0 Å². The zero-order valence-electron chi connectivity index (χ0n) is 15.3. The van der Waals surface area contributed by atoms with Crippen LogP contribution in [0, 0.1) is 0 Å². The maximum atomic E-state index is 10.9. The van der Waals surface area contributed by atoms with Crippen molar-refractivity contribution in [2.45, 2.75) is 44.2 Å². The monoisotopic (exact) mass is 401 g/mol. The minimum Gasteiger partial charge on any atom is -0.349 e. The summed E-state index contributed by atoms with van der Waals surface area (Å²) in [5, 5.41) is 9.62. The van der Waals surface area contributed by atoms with E-state index in [1.165, 1.54) is 10.9 Å². The third-order valence-corrected chi connectivity index (χ3v) is 4.49. The molecule has 0 aromatic carbocycles. The van der Waals surface area contributed by atoms with Gasteiger partial charge in [0.2, 0.25) is 12.4 Å². The summed E-state index contributed by atoms with van der Waals surface area (Å²) in [6, 6.07) is 0. The van der Waals surface area contributed by atoms with Crippen LogP contribution in [0.2, 0.25) is 0 Å². The molecular weight excluding hydrogens is 386 g/mol. The lowest BCUT2D eigenvalue weighted by molar-refractivity contribution is -0.194. The minimum atomic E-state index is -0.903. The van der Waals surface area contributed by atoms with Crippen molar-refractivity contribution in [2.75, 3.05) is 11.9 Å². The lowest BCUT2D eigenvalue weighted by Crippen LogP contribution is -2.31. The van der Waals surface area contributed by atoms with Crippen LogP contribution in [0.3, 0.4) is 0 Å². The number of amides is 1. The largest absolute Gasteiger partial charge is 0.349 e. The number of fused-ring (bicyclic) bond motifs is 2. The summed E-state index contributed by atoms with van der Waals surface area (Å²) in [5.41, 5.74) is 18.1. The van der Waals surface area contributed by atoms with Gasteiger partial charge in [0.15, 0.2) is 29.0 Å². The number of imidazole rings is 1. The van der Waals surface area contributed by atoms with Crippen molar-refractivity contribution in [3.8, 4) is 0 Å². The van der Waals surface area contributed by atoms with Crippen molar-refractivity contribution in [3.63, 3.8) is 0 Å². The average molecular weight is 401 g/mol. The van der Waals surface area contributed by atoms with Gasteiger partial charge in [-0.05, 0) is 30.0 Å². The number of anilines is 1. The highest BCUT2D eigenvalue weighted by Gasteiger charge is 2.56. The number of hydrogen-bond acceptors (Lipinski definition) is 9. The van der Waals surface area contributed by atoms with Crippen molar-refractivity contribution in [2.24, 2.45) is 10.2 Å². The van der Waals surface area contributed by atoms with Crippen LogP contribution >= 0.6 is 0 Å². The Kier molecular flexibility index (Phi) is 4.66. The number of nitrogens with zero attached hydrogens (tertiary/aromatic N) is 10. The Morgan fingerprint density at radius 1 is 1.31 bits per heavy atom. The molecule has 150 valence electrons. The Morgan fingerprint density at radius 3 is 2.83 bits per heavy atom. The van der Waals surface area contributed by atoms with Gasteiger partial charge in [0.05, 0.1) is 12.6 Å². The molecule has 15 heteroatoms. The standard InChI is InChI=1S/C14H15N11O4/c1-14(2)28-8-6(3-20-23-15)27-12(9(8)29-14)25-11-7(21-13(25)22-24-16)10(19-5-26)17-4-18-11/h4-6,8-9,12H,3H2,1-2H3,(H,17,18,19,26)/t6-,8-,9-,12-/m1/s1. The highest BCUT2D eigenvalue weighted by molar-refractivity contribution is 5.89. The Hall–Kier alpha value is -3.48. The molecule has 4 atom stereocenters. The highest BCUT2D eigenvalue weighted by atomic mass is 16.8. The van der Waals surface area contributed by atoms with Gasteiger partial charge >= 0.3 is 0 Å². The van der Waals surface area contributed by atoms with Crippen LogP contribution in [0.1, 0.15) is 20.1 Å². The molecule has 0 bridgehead atoms. The molecule has 1 N–H and O–H groups in total. The zero-order valence-corrected chi connectivity index (χ0v) is 15.3. The fourth-order valence-corrected chi connectivity index (χ4v) is 3.53. The van der Waals surface area contributed by atoms with Gasteiger partial charge in [0, 0.05) is 9.82 Å². The maximum absolute atomic E-state index is 10.9. The summed E-state index contributed by atoms with van der Waals surface area (Å²) < 4.78 is 19.4. The van der Waals surface area contributed by atoms with Crippen LogP contribution in [0.15, 0.2) is 16.6 Å². The van der Waals surface area contributed by atoms with Crippen LogP contribution in [0.5, 0.6) is 0 Å². The lowest BCUT2D eigenvalue weighted by atomic mass is 10.1. The summed E-state index contributed by atoms with van der Waals surface area (Å²) in [6.07, 6.45) is -0.926. The molecule has 0 unspecified atom stereocenters. The summed E-state index contributed by atoms with van der Waals surface area (Å²) in [5.74, 6) is -0.819. The molecule has 4 heterocycles. The summed E-state index contributed by atoms with van der Waals surface area (Å²) in [4.78, 5) is 28.8. The van der Waals surface area contributed by atoms with E-state index in [0.29, 0.717) is 6.41 Å². The number of hydrogen-bond donors (Lipinski definition) is 1. The smallest absolute Gasteiger partial charge is 0.212 e. The molecule has 15 nitrogen and oxygen atoms in total. The lowest BCUT2D eigenvalue weighted by Gasteiger charge is -2.24. The first-order valence-corrected chi connectivity index (χ1v) is 8.49. The topological polar surface area (TPSA) is 198 Å². The Balaban J connectivity index is 1.85. The number of carbonyl (C=O) groups excluding carboxylic acids is 1. The maximum Gasteiger partial charge on any atom is 0.212 e. The molecule has 2 aromatic heterocycles. The number of nitrogens with one attached hydrogen (secondary N) is 1. The molecule has 2 saturated heterocycles. The highest BCUT2D eigenvalue weighted by Crippen LogP contribution is 2.45. The van der Waals surface area contributed by atoms with Crippen LogP contribution < -0.4 is 5.32 Å². The fraction of sp³-hybridized carbons (Fsp3) is 0.571. The first-order valence-electron chi connectivity index (χ1n) is 8.49. The summed E-state index contributed by atoms with van der Waals surface area (Å²) >= 11 is 0. The van der Waals surface area contributed by atoms with E-state index in [4.69, 9.17) is 25.3 Å². The van der Waals surface area contributed by atoms with E-state index in [9.17, 15) is 4.79 Å². The Morgan fingerprint density at radius 2 is 2.10 bits per heavy atom. The SMILES string of the molecule is CC1(C)O[C@@H]2[C@H](O1)[C@@H](CN=[N+]=[N-])O[C@H]2n1c(N=[N+]=[N-])nc2c(NC=O)ncnc21. The first kappa shape index (κ1) is 18.9. The van der Waals surface area contributed by atoms with E-state index in [1.807, 2.05) is 0 Å². The van der Waals surface area contributed by atoms with Gasteiger partial charge in [-0.15, -0.1) is 0 Å². The van der Waals surface area contributed by atoms with E-state index in [-0.39, 0.29) is 29.5 Å². The molecule has 0 radical (unpaired) electrons. The van der Waals surface area contributed by atoms with E-state index in [1.54, 1.807) is 13.8 Å². The summed E-state index contributed by atoms with van der Waals surface area (Å²) in [6.45, 7) is 3.52. The third-order valence-electron chi connectivity index (χ3n) is 4.49. The molecule has 2 fully saturated rings. The van der Waals surface area contributed by atoms with Crippen LogP contribution in [-0.4, -0.2) is 56.6 Å². The second kappa shape index (κ2) is 7.16. The van der Waals surface area contributed by atoms with E-state index in [0.717, 1.165) is 0 Å². The average Bonchev–Trinajstić information content (AvgIpc) is 3.30. The minimum absolute atomic E-state index is 0.0179. The van der Waals surface area contributed by atoms with Gasteiger partial charge in [0.1, 0.15) is 18.5 Å². The Bertz CT molecular complexity index is 1060. The molecule has 2 aliphatic rings. The molecule has 0 aliphatic carbocycles. The molecule has 4 rings (SSSR count).